The highest BCUT2D eigenvalue weighted by atomic mass is 32.2. The topological polar surface area (TPSA) is 114 Å². The molecule has 0 fully saturated rings. The molecule has 2 heterocycles. The lowest BCUT2D eigenvalue weighted by molar-refractivity contribution is -0.131. The van der Waals surface area contributed by atoms with Crippen LogP contribution in [0.2, 0.25) is 0 Å². The maximum Gasteiger partial charge on any atom is 0.328 e. The van der Waals surface area contributed by atoms with Crippen molar-refractivity contribution >= 4 is 27.9 Å². The lowest BCUT2D eigenvalue weighted by Crippen LogP contribution is -2.14. The van der Waals surface area contributed by atoms with Gasteiger partial charge in [-0.05, 0) is 23.8 Å². The number of rotatable bonds is 5. The second-order valence-corrected chi connectivity index (χ2v) is 5.76. The molecule has 0 spiro atoms. The molecule has 0 aliphatic rings. The molecule has 0 aliphatic carbocycles. The highest BCUT2D eigenvalue weighted by Gasteiger charge is 2.17. The Morgan fingerprint density at radius 1 is 1.43 bits per heavy atom. The summed E-state index contributed by atoms with van der Waals surface area (Å²) >= 11 is 0. The van der Waals surface area contributed by atoms with Crippen LogP contribution < -0.4 is 4.72 Å². The van der Waals surface area contributed by atoms with Crippen LogP contribution in [-0.4, -0.2) is 34.0 Å². The molecule has 0 saturated carbocycles. The van der Waals surface area contributed by atoms with Crippen LogP contribution in [0, 0.1) is 0 Å². The quantitative estimate of drug-likeness (QED) is 0.786. The molecule has 0 aromatic carbocycles. The summed E-state index contributed by atoms with van der Waals surface area (Å²) in [6.45, 7) is 0. The number of carboxylic acid groups (broad SMARTS) is 1. The van der Waals surface area contributed by atoms with Gasteiger partial charge in [-0.2, -0.15) is 8.42 Å². The number of pyridine rings is 1. The van der Waals surface area contributed by atoms with E-state index in [1.807, 2.05) is 0 Å². The molecule has 2 aromatic heterocycles. The molecule has 0 amide bonds. The minimum atomic E-state index is -3.83. The summed E-state index contributed by atoms with van der Waals surface area (Å²) in [5.74, 6) is -1.02. The summed E-state index contributed by atoms with van der Waals surface area (Å²) in [6, 6.07) is 2.97. The smallest absolute Gasteiger partial charge is 0.328 e. The molecule has 21 heavy (non-hydrogen) atoms. The van der Waals surface area contributed by atoms with Crippen LogP contribution in [0.25, 0.3) is 6.08 Å². The van der Waals surface area contributed by atoms with Gasteiger partial charge in [-0.25, -0.2) is 14.8 Å². The van der Waals surface area contributed by atoms with Gasteiger partial charge in [0.15, 0.2) is 5.03 Å². The first-order valence-electron chi connectivity index (χ1n) is 5.75. The Morgan fingerprint density at radius 2 is 2.19 bits per heavy atom. The number of nitrogens with zero attached hydrogens (tertiary/aromatic N) is 3. The first-order valence-corrected chi connectivity index (χ1v) is 7.23. The maximum absolute atomic E-state index is 12.1. The zero-order chi connectivity index (χ0) is 15.5. The maximum atomic E-state index is 12.1. The van der Waals surface area contributed by atoms with Crippen molar-refractivity contribution < 1.29 is 18.3 Å². The largest absolute Gasteiger partial charge is 0.478 e. The molecule has 0 aliphatic heterocycles. The van der Waals surface area contributed by atoms with Crippen molar-refractivity contribution in [3.8, 4) is 0 Å². The molecule has 0 radical (unpaired) electrons. The number of imidazole rings is 1. The molecular weight excluding hydrogens is 296 g/mol. The third-order valence-electron chi connectivity index (χ3n) is 2.40. The van der Waals surface area contributed by atoms with E-state index in [4.69, 9.17) is 5.11 Å². The molecule has 0 saturated heterocycles. The second kappa shape index (κ2) is 5.75. The van der Waals surface area contributed by atoms with Gasteiger partial charge in [-0.1, -0.05) is 0 Å². The average molecular weight is 308 g/mol. The Hall–Kier alpha value is -2.68. The van der Waals surface area contributed by atoms with Crippen molar-refractivity contribution in [2.75, 3.05) is 4.72 Å². The summed E-state index contributed by atoms with van der Waals surface area (Å²) in [4.78, 5) is 18.1. The average Bonchev–Trinajstić information content (AvgIpc) is 2.84. The number of aryl methyl sites for hydroxylation is 1. The van der Waals surface area contributed by atoms with E-state index in [1.54, 1.807) is 13.1 Å². The number of hydrogen-bond donors (Lipinski definition) is 2. The number of aromatic nitrogens is 3. The van der Waals surface area contributed by atoms with Crippen LogP contribution in [0.4, 0.5) is 5.82 Å². The van der Waals surface area contributed by atoms with Crippen molar-refractivity contribution in [3.05, 3.63) is 42.5 Å². The van der Waals surface area contributed by atoms with Crippen molar-refractivity contribution in [1.29, 1.82) is 0 Å². The van der Waals surface area contributed by atoms with Gasteiger partial charge in [0, 0.05) is 25.5 Å². The van der Waals surface area contributed by atoms with Crippen LogP contribution in [0.3, 0.4) is 0 Å². The summed E-state index contributed by atoms with van der Waals surface area (Å²) in [5.41, 5.74) is 0.506. The monoisotopic (exact) mass is 308 g/mol. The molecule has 0 bridgehead atoms. The minimum absolute atomic E-state index is 0.0770. The van der Waals surface area contributed by atoms with Crippen molar-refractivity contribution in [1.82, 2.24) is 14.5 Å². The fraction of sp³-hybridized carbons (Fsp3) is 0.0833. The number of aliphatic carboxylic acids is 1. The van der Waals surface area contributed by atoms with Gasteiger partial charge in [0.25, 0.3) is 10.0 Å². The van der Waals surface area contributed by atoms with E-state index in [1.165, 1.54) is 35.4 Å². The van der Waals surface area contributed by atoms with E-state index in [-0.39, 0.29) is 10.8 Å². The number of anilines is 1. The van der Waals surface area contributed by atoms with Crippen LogP contribution in [-0.2, 0) is 21.9 Å². The van der Waals surface area contributed by atoms with Crippen LogP contribution in [0.5, 0.6) is 0 Å². The minimum Gasteiger partial charge on any atom is -0.478 e. The predicted molar refractivity (Wildman–Crippen MR) is 74.9 cm³/mol. The Morgan fingerprint density at radius 3 is 2.81 bits per heavy atom. The van der Waals surface area contributed by atoms with Crippen molar-refractivity contribution in [2.24, 2.45) is 7.05 Å². The summed E-state index contributed by atoms with van der Waals surface area (Å²) in [6.07, 6.45) is 6.39. The fourth-order valence-corrected chi connectivity index (χ4v) is 2.47. The lowest BCUT2D eigenvalue weighted by atomic mass is 10.2. The van der Waals surface area contributed by atoms with Gasteiger partial charge in [-0.15, -0.1) is 0 Å². The first-order chi connectivity index (χ1) is 9.87. The van der Waals surface area contributed by atoms with E-state index in [2.05, 4.69) is 14.7 Å². The van der Waals surface area contributed by atoms with Gasteiger partial charge in [-0.3, -0.25) is 4.72 Å². The molecule has 0 unspecified atom stereocenters. The number of sulfonamides is 1. The molecule has 0 atom stereocenters. The highest BCUT2D eigenvalue weighted by molar-refractivity contribution is 7.92. The molecular formula is C12H12N4O4S. The zero-order valence-corrected chi connectivity index (χ0v) is 11.8. The standard InChI is InChI=1S/C12H12N4O4S/c1-16-7-11(14-8-16)21(19,20)15-10-6-9(4-5-13-10)2-3-12(17)18/h2-8H,1H3,(H,13,15)(H,17,18)/b3-2+. The highest BCUT2D eigenvalue weighted by Crippen LogP contribution is 2.14. The number of carbonyl (C=O) groups is 1. The van der Waals surface area contributed by atoms with Gasteiger partial charge >= 0.3 is 5.97 Å². The Bertz CT molecular complexity index is 795. The normalized spacial score (nSPS) is 11.7. The Labute approximate surface area is 120 Å². The van der Waals surface area contributed by atoms with Crippen LogP contribution >= 0.6 is 0 Å². The Kier molecular flexibility index (Phi) is 4.03. The lowest BCUT2D eigenvalue weighted by Gasteiger charge is -2.05. The van der Waals surface area contributed by atoms with Crippen molar-refractivity contribution in [3.63, 3.8) is 0 Å². The van der Waals surface area contributed by atoms with Gasteiger partial charge in [0.05, 0.1) is 6.33 Å². The number of carboxylic acids is 1. The van der Waals surface area contributed by atoms with E-state index >= 15 is 0 Å². The van der Waals surface area contributed by atoms with Crippen LogP contribution in [0.15, 0.2) is 42.0 Å². The van der Waals surface area contributed by atoms with Gasteiger partial charge < -0.3 is 9.67 Å². The van der Waals surface area contributed by atoms with E-state index in [0.717, 1.165) is 6.08 Å². The van der Waals surface area contributed by atoms with Crippen molar-refractivity contribution in [2.45, 2.75) is 5.03 Å². The molecule has 2 rings (SSSR count). The predicted octanol–water partition coefficient (Wildman–Crippen LogP) is 0.714. The van der Waals surface area contributed by atoms with E-state index in [0.29, 0.717) is 5.56 Å². The SMILES string of the molecule is Cn1cnc(S(=O)(=O)Nc2cc(/C=C/C(=O)O)ccn2)c1. The fourth-order valence-electron chi connectivity index (χ4n) is 1.49. The molecule has 8 nitrogen and oxygen atoms in total. The molecule has 9 heteroatoms. The summed E-state index contributed by atoms with van der Waals surface area (Å²) in [7, 11) is -2.17. The third kappa shape index (κ3) is 3.89. The molecule has 2 N–H and O–H groups in total. The summed E-state index contributed by atoms with van der Waals surface area (Å²) in [5, 5.41) is 8.43. The first kappa shape index (κ1) is 14.7. The number of hydrogen-bond acceptors (Lipinski definition) is 5. The molecule has 2 aromatic rings. The zero-order valence-electron chi connectivity index (χ0n) is 11.0. The Balaban J connectivity index is 2.23. The number of nitrogens with one attached hydrogen (secondary N) is 1. The second-order valence-electron chi connectivity index (χ2n) is 4.13. The van der Waals surface area contributed by atoms with E-state index < -0.39 is 16.0 Å². The summed E-state index contributed by atoms with van der Waals surface area (Å²) < 4.78 is 27.9. The van der Waals surface area contributed by atoms with Gasteiger partial charge in [0.1, 0.15) is 5.82 Å². The molecule has 110 valence electrons. The van der Waals surface area contributed by atoms with Gasteiger partial charge in [0.2, 0.25) is 0 Å². The van der Waals surface area contributed by atoms with E-state index in [9.17, 15) is 13.2 Å². The third-order valence-corrected chi connectivity index (χ3v) is 3.64. The van der Waals surface area contributed by atoms with Crippen LogP contribution in [0.1, 0.15) is 5.56 Å².